The second kappa shape index (κ2) is 12.6. The maximum absolute atomic E-state index is 14.3. The molecule has 0 bridgehead atoms. The molecule has 0 aromatic heterocycles. The van der Waals surface area contributed by atoms with E-state index in [-0.39, 0.29) is 22.3 Å². The van der Waals surface area contributed by atoms with E-state index >= 15 is 0 Å². The number of carbonyl (C=O) groups excluding carboxylic acids is 2. The van der Waals surface area contributed by atoms with Crippen molar-refractivity contribution in [3.05, 3.63) is 0 Å². The fourth-order valence-electron chi connectivity index (χ4n) is 7.28. The summed E-state index contributed by atoms with van der Waals surface area (Å²) >= 11 is 1.97. The quantitative estimate of drug-likeness (QED) is 0.426. The molecule has 218 valence electrons. The lowest BCUT2D eigenvalue weighted by Crippen LogP contribution is -2.55. The lowest BCUT2D eigenvalue weighted by atomic mass is 9.65. The molecule has 0 N–H and O–H groups in total. The fraction of sp³-hybridized carbons (Fsp3) is 0.933. The highest BCUT2D eigenvalue weighted by Gasteiger charge is 2.49. The zero-order valence-corrected chi connectivity index (χ0v) is 25.5. The van der Waals surface area contributed by atoms with Gasteiger partial charge >= 0.3 is 0 Å². The summed E-state index contributed by atoms with van der Waals surface area (Å²) in [6.07, 6.45) is 4.23. The number of carbonyl (C=O) groups is 2. The van der Waals surface area contributed by atoms with E-state index in [0.717, 1.165) is 89.7 Å². The number of rotatable bonds is 9. The zero-order chi connectivity index (χ0) is 27.4. The third kappa shape index (κ3) is 7.22. The maximum atomic E-state index is 14.3. The molecule has 0 aliphatic carbocycles. The first-order valence-corrected chi connectivity index (χ1v) is 16.0. The minimum absolute atomic E-state index is 0.00253. The third-order valence-corrected chi connectivity index (χ3v) is 10.3. The Hall–Kier alpha value is -0.510. The van der Waals surface area contributed by atoms with Crippen LogP contribution in [0.3, 0.4) is 0 Å². The molecule has 0 radical (unpaired) electrons. The molecule has 7 nitrogen and oxygen atoms in total. The molecule has 1 atom stereocenters. The van der Waals surface area contributed by atoms with Crippen LogP contribution >= 0.6 is 11.8 Å². The van der Waals surface area contributed by atoms with E-state index in [4.69, 9.17) is 14.2 Å². The van der Waals surface area contributed by atoms with Crippen molar-refractivity contribution in [2.75, 3.05) is 83.8 Å². The molecule has 4 heterocycles. The summed E-state index contributed by atoms with van der Waals surface area (Å²) < 4.78 is 17.5. The Kier molecular flexibility index (Phi) is 10.1. The van der Waals surface area contributed by atoms with E-state index in [1.807, 2.05) is 11.8 Å². The van der Waals surface area contributed by atoms with Gasteiger partial charge in [0, 0.05) is 74.1 Å². The minimum atomic E-state index is -0.488. The van der Waals surface area contributed by atoms with Gasteiger partial charge in [0.05, 0.1) is 25.9 Å². The summed E-state index contributed by atoms with van der Waals surface area (Å²) in [5, 5.41) is 0. The summed E-state index contributed by atoms with van der Waals surface area (Å²) in [6.45, 7) is 19.0. The number of hydrogen-bond donors (Lipinski definition) is 0. The van der Waals surface area contributed by atoms with Gasteiger partial charge in [0.15, 0.2) is 0 Å². The Balaban J connectivity index is 1.43. The van der Waals surface area contributed by atoms with E-state index in [9.17, 15) is 9.59 Å². The van der Waals surface area contributed by atoms with Crippen LogP contribution in [0, 0.1) is 21.7 Å². The second-order valence-electron chi connectivity index (χ2n) is 13.9. The Labute approximate surface area is 235 Å². The van der Waals surface area contributed by atoms with Gasteiger partial charge in [-0.05, 0) is 43.6 Å². The molecular weight excluding hydrogens is 500 g/mol. The van der Waals surface area contributed by atoms with Crippen LogP contribution in [-0.2, 0) is 23.8 Å². The Morgan fingerprint density at radius 3 is 1.95 bits per heavy atom. The van der Waals surface area contributed by atoms with Gasteiger partial charge in [-0.1, -0.05) is 34.6 Å². The predicted molar refractivity (Wildman–Crippen MR) is 153 cm³/mol. The second-order valence-corrected chi connectivity index (χ2v) is 15.1. The van der Waals surface area contributed by atoms with Crippen molar-refractivity contribution in [2.45, 2.75) is 72.8 Å². The van der Waals surface area contributed by atoms with Gasteiger partial charge in [-0.25, -0.2) is 0 Å². The lowest BCUT2D eigenvalue weighted by molar-refractivity contribution is -0.150. The monoisotopic (exact) mass is 552 g/mol. The zero-order valence-electron chi connectivity index (χ0n) is 24.6. The molecule has 0 saturated carbocycles. The average Bonchev–Trinajstić information content (AvgIpc) is 2.89. The maximum Gasteiger partial charge on any atom is 0.146 e. The normalized spacial score (nSPS) is 27.7. The molecule has 4 saturated heterocycles. The number of ether oxygens (including phenoxy) is 3. The number of hydrogen-bond acceptors (Lipinski definition) is 8. The van der Waals surface area contributed by atoms with Crippen LogP contribution in [0.15, 0.2) is 0 Å². The molecular formula is C30H52N2O5S. The predicted octanol–water partition coefficient (Wildman–Crippen LogP) is 3.93. The highest BCUT2D eigenvalue weighted by molar-refractivity contribution is 7.99. The van der Waals surface area contributed by atoms with E-state index < -0.39 is 5.41 Å². The SMILES string of the molecule is CC(C)(C)C(=O)C1(CN2CCOC(CC(C)(C)C(=O)C3(CN4CCOCC4)CCOCC3)C2)CCSCC1. The number of morpholine rings is 2. The summed E-state index contributed by atoms with van der Waals surface area (Å²) in [4.78, 5) is 32.8. The van der Waals surface area contributed by atoms with Gasteiger partial charge in [0.1, 0.15) is 11.6 Å². The molecule has 4 aliphatic heterocycles. The number of Topliss-reactive ketones (excluding diaryl/α,β-unsaturated/α-hetero) is 2. The van der Waals surface area contributed by atoms with Crippen LogP contribution in [0.4, 0.5) is 0 Å². The molecule has 4 rings (SSSR count). The van der Waals surface area contributed by atoms with Crippen LogP contribution in [0.25, 0.3) is 0 Å². The molecule has 0 aromatic rings. The summed E-state index contributed by atoms with van der Waals surface area (Å²) in [7, 11) is 0. The van der Waals surface area contributed by atoms with Crippen molar-refractivity contribution in [1.82, 2.24) is 9.80 Å². The molecule has 0 amide bonds. The topological polar surface area (TPSA) is 68.3 Å². The van der Waals surface area contributed by atoms with Gasteiger partial charge in [0.2, 0.25) is 0 Å². The molecule has 1 unspecified atom stereocenters. The Morgan fingerprint density at radius 2 is 1.32 bits per heavy atom. The van der Waals surface area contributed by atoms with Gasteiger partial charge in [0.25, 0.3) is 0 Å². The molecule has 38 heavy (non-hydrogen) atoms. The van der Waals surface area contributed by atoms with E-state index in [1.165, 1.54) is 0 Å². The largest absolute Gasteiger partial charge is 0.381 e. The first-order chi connectivity index (χ1) is 18.0. The molecule has 4 fully saturated rings. The van der Waals surface area contributed by atoms with Crippen molar-refractivity contribution in [1.29, 1.82) is 0 Å². The first kappa shape index (κ1) is 30.4. The molecule has 0 spiro atoms. The Bertz CT molecular complexity index is 808. The van der Waals surface area contributed by atoms with Crippen molar-refractivity contribution in [3.63, 3.8) is 0 Å². The van der Waals surface area contributed by atoms with Crippen molar-refractivity contribution < 1.29 is 23.8 Å². The third-order valence-electron chi connectivity index (χ3n) is 9.28. The minimum Gasteiger partial charge on any atom is -0.381 e. The van der Waals surface area contributed by atoms with Crippen molar-refractivity contribution >= 4 is 23.3 Å². The molecule has 8 heteroatoms. The van der Waals surface area contributed by atoms with Crippen LogP contribution < -0.4 is 0 Å². The van der Waals surface area contributed by atoms with Crippen LogP contribution in [0.2, 0.25) is 0 Å². The van der Waals surface area contributed by atoms with Gasteiger partial charge in [-0.3, -0.25) is 19.4 Å². The smallest absolute Gasteiger partial charge is 0.146 e. The number of thioether (sulfide) groups is 1. The highest BCUT2D eigenvalue weighted by Crippen LogP contribution is 2.44. The number of nitrogens with zero attached hydrogens (tertiary/aromatic N) is 2. The first-order valence-electron chi connectivity index (χ1n) is 14.9. The van der Waals surface area contributed by atoms with Gasteiger partial charge in [-0.2, -0.15) is 11.8 Å². The average molecular weight is 553 g/mol. The van der Waals surface area contributed by atoms with Crippen molar-refractivity contribution in [2.24, 2.45) is 21.7 Å². The lowest BCUT2D eigenvalue weighted by Gasteiger charge is -2.47. The van der Waals surface area contributed by atoms with E-state index in [2.05, 4.69) is 44.4 Å². The standard InChI is InChI=1S/C30H52N2O5S/c1-27(2,3)25(33)30(8-18-38-19-9-30)23-32-12-17-37-24(21-32)20-28(4,5)26(34)29(6-13-35-14-7-29)22-31-10-15-36-16-11-31/h24H,6-23H2,1-5H3. The fourth-order valence-corrected chi connectivity index (χ4v) is 8.55. The molecule has 4 aliphatic rings. The van der Waals surface area contributed by atoms with Crippen LogP contribution in [0.1, 0.15) is 66.7 Å². The van der Waals surface area contributed by atoms with Gasteiger partial charge in [-0.15, -0.1) is 0 Å². The van der Waals surface area contributed by atoms with Gasteiger partial charge < -0.3 is 14.2 Å². The van der Waals surface area contributed by atoms with Crippen molar-refractivity contribution in [3.8, 4) is 0 Å². The van der Waals surface area contributed by atoms with Crippen LogP contribution in [-0.4, -0.2) is 111 Å². The summed E-state index contributed by atoms with van der Waals surface area (Å²) in [5.74, 6) is 2.90. The summed E-state index contributed by atoms with van der Waals surface area (Å²) in [6, 6.07) is 0. The highest BCUT2D eigenvalue weighted by atomic mass is 32.2. The summed E-state index contributed by atoms with van der Waals surface area (Å²) in [5.41, 5.74) is -1.45. The van der Waals surface area contributed by atoms with Crippen LogP contribution in [0.5, 0.6) is 0 Å². The van der Waals surface area contributed by atoms with E-state index in [1.54, 1.807) is 0 Å². The van der Waals surface area contributed by atoms with E-state index in [0.29, 0.717) is 37.8 Å². The molecule has 0 aromatic carbocycles. The Morgan fingerprint density at radius 1 is 0.763 bits per heavy atom. The number of ketones is 2.